The lowest BCUT2D eigenvalue weighted by Crippen LogP contribution is -2.24. The Morgan fingerprint density at radius 3 is 2.38 bits per heavy atom. The summed E-state index contributed by atoms with van der Waals surface area (Å²) in [5.41, 5.74) is 2.81. The topological polar surface area (TPSA) is 45.5 Å². The molecule has 0 unspecified atom stereocenters. The molecule has 0 amide bonds. The number of carboxylic acids is 1. The molecular formula is C19H19BrN2O2. The number of fused-ring (bicyclic) bond motifs is 1. The van der Waals surface area contributed by atoms with Crippen LogP contribution >= 0.6 is 15.9 Å². The van der Waals surface area contributed by atoms with Crippen molar-refractivity contribution in [3.63, 3.8) is 0 Å². The molecule has 1 aromatic heterocycles. The van der Waals surface area contributed by atoms with Crippen LogP contribution in [-0.4, -0.2) is 28.7 Å². The molecule has 124 valence electrons. The van der Waals surface area contributed by atoms with Crippen molar-refractivity contribution >= 4 is 38.5 Å². The fraction of sp³-hybridized carbons (Fsp3) is 0.211. The molecule has 0 aliphatic heterocycles. The molecular weight excluding hydrogens is 368 g/mol. The minimum Gasteiger partial charge on any atom is -0.476 e. The molecule has 2 aromatic carbocycles. The maximum Gasteiger partial charge on any atom is 0.355 e. The first-order valence-electron chi connectivity index (χ1n) is 7.96. The number of benzene rings is 2. The fourth-order valence-electron chi connectivity index (χ4n) is 3.15. The average molecular weight is 387 g/mol. The predicted octanol–water partition coefficient (Wildman–Crippen LogP) is 4.94. The molecule has 0 fully saturated rings. The van der Waals surface area contributed by atoms with Gasteiger partial charge in [-0.2, -0.15) is 0 Å². The number of aromatic carboxylic acids is 1. The van der Waals surface area contributed by atoms with Gasteiger partial charge in [-0.25, -0.2) is 4.79 Å². The van der Waals surface area contributed by atoms with E-state index in [1.54, 1.807) is 0 Å². The highest BCUT2D eigenvalue weighted by molar-refractivity contribution is 9.10. The van der Waals surface area contributed by atoms with Crippen LogP contribution in [0.4, 0.5) is 5.69 Å². The Labute approximate surface area is 149 Å². The fourth-order valence-corrected chi connectivity index (χ4v) is 3.51. The van der Waals surface area contributed by atoms with E-state index < -0.39 is 5.97 Å². The minimum atomic E-state index is -0.923. The number of halogens is 1. The van der Waals surface area contributed by atoms with Crippen molar-refractivity contribution in [2.75, 3.05) is 18.0 Å². The normalized spacial score (nSPS) is 11.0. The van der Waals surface area contributed by atoms with Crippen LogP contribution in [0.1, 0.15) is 24.3 Å². The summed E-state index contributed by atoms with van der Waals surface area (Å²) in [6, 6.07) is 15.5. The first kappa shape index (κ1) is 16.6. The van der Waals surface area contributed by atoms with E-state index in [9.17, 15) is 9.90 Å². The molecule has 4 nitrogen and oxygen atoms in total. The van der Waals surface area contributed by atoms with E-state index >= 15 is 0 Å². The Hall–Kier alpha value is -2.27. The van der Waals surface area contributed by atoms with Crippen LogP contribution in [0.15, 0.2) is 53.0 Å². The van der Waals surface area contributed by atoms with Gasteiger partial charge in [0.2, 0.25) is 0 Å². The first-order valence-corrected chi connectivity index (χ1v) is 8.75. The number of rotatable bonds is 5. The highest BCUT2D eigenvalue weighted by Crippen LogP contribution is 2.37. The second-order valence-electron chi connectivity index (χ2n) is 5.51. The number of carbonyl (C=O) groups is 1. The summed E-state index contributed by atoms with van der Waals surface area (Å²) in [4.78, 5) is 14.2. The van der Waals surface area contributed by atoms with Gasteiger partial charge in [-0.15, -0.1) is 0 Å². The molecule has 24 heavy (non-hydrogen) atoms. The molecule has 1 heterocycles. The molecule has 0 spiro atoms. The van der Waals surface area contributed by atoms with Crippen molar-refractivity contribution in [3.05, 3.63) is 58.7 Å². The van der Waals surface area contributed by atoms with E-state index in [0.717, 1.165) is 39.8 Å². The summed E-state index contributed by atoms with van der Waals surface area (Å²) < 4.78 is 2.77. The third-order valence-electron chi connectivity index (χ3n) is 4.20. The highest BCUT2D eigenvalue weighted by Gasteiger charge is 2.26. The Kier molecular flexibility index (Phi) is 4.62. The van der Waals surface area contributed by atoms with Crippen molar-refractivity contribution in [3.8, 4) is 5.69 Å². The van der Waals surface area contributed by atoms with Crippen molar-refractivity contribution < 1.29 is 9.90 Å². The van der Waals surface area contributed by atoms with Crippen LogP contribution < -0.4 is 4.90 Å². The van der Waals surface area contributed by atoms with Crippen LogP contribution in [-0.2, 0) is 0 Å². The third-order valence-corrected chi connectivity index (χ3v) is 4.69. The van der Waals surface area contributed by atoms with Crippen LogP contribution in [0.3, 0.4) is 0 Å². The maximum atomic E-state index is 12.1. The average Bonchev–Trinajstić information content (AvgIpc) is 2.91. The van der Waals surface area contributed by atoms with Crippen molar-refractivity contribution in [2.45, 2.75) is 13.8 Å². The summed E-state index contributed by atoms with van der Waals surface area (Å²) in [7, 11) is 0. The van der Waals surface area contributed by atoms with E-state index in [1.165, 1.54) is 0 Å². The smallest absolute Gasteiger partial charge is 0.355 e. The quantitative estimate of drug-likeness (QED) is 0.675. The molecule has 0 aliphatic carbocycles. The summed E-state index contributed by atoms with van der Waals surface area (Å²) in [5, 5.41) is 10.9. The number of carboxylic acid groups (broad SMARTS) is 1. The lowest BCUT2D eigenvalue weighted by atomic mass is 10.2. The maximum absolute atomic E-state index is 12.1. The van der Waals surface area contributed by atoms with Gasteiger partial charge in [-0.1, -0.05) is 34.1 Å². The van der Waals surface area contributed by atoms with Gasteiger partial charge in [0, 0.05) is 28.6 Å². The number of anilines is 1. The molecule has 0 aliphatic rings. The minimum absolute atomic E-state index is 0.304. The summed E-state index contributed by atoms with van der Waals surface area (Å²) in [6.07, 6.45) is 0. The van der Waals surface area contributed by atoms with Crippen LogP contribution in [0.25, 0.3) is 16.6 Å². The zero-order chi connectivity index (χ0) is 17.3. The van der Waals surface area contributed by atoms with E-state index in [1.807, 2.05) is 66.9 Å². The van der Waals surface area contributed by atoms with Crippen molar-refractivity contribution in [1.29, 1.82) is 0 Å². The molecule has 0 bridgehead atoms. The Bertz CT molecular complexity index is 883. The Morgan fingerprint density at radius 1 is 1.12 bits per heavy atom. The van der Waals surface area contributed by atoms with Gasteiger partial charge in [-0.3, -0.25) is 0 Å². The van der Waals surface area contributed by atoms with Crippen LogP contribution in [0, 0.1) is 0 Å². The van der Waals surface area contributed by atoms with Gasteiger partial charge in [-0.05, 0) is 44.2 Å². The molecule has 0 saturated carbocycles. The molecule has 0 radical (unpaired) electrons. The number of hydrogen-bond donors (Lipinski definition) is 1. The van der Waals surface area contributed by atoms with Gasteiger partial charge in [0.25, 0.3) is 0 Å². The zero-order valence-corrected chi connectivity index (χ0v) is 15.2. The summed E-state index contributed by atoms with van der Waals surface area (Å²) in [5.74, 6) is -0.923. The number of aromatic nitrogens is 1. The molecule has 1 N–H and O–H groups in total. The monoisotopic (exact) mass is 386 g/mol. The lowest BCUT2D eigenvalue weighted by Gasteiger charge is -2.21. The third kappa shape index (κ3) is 2.69. The number of nitrogens with zero attached hydrogens (tertiary/aromatic N) is 2. The first-order chi connectivity index (χ1) is 11.6. The summed E-state index contributed by atoms with van der Waals surface area (Å²) in [6.45, 7) is 5.58. The van der Waals surface area contributed by atoms with Gasteiger partial charge >= 0.3 is 5.97 Å². The zero-order valence-electron chi connectivity index (χ0n) is 13.7. The summed E-state index contributed by atoms with van der Waals surface area (Å²) >= 11 is 3.51. The van der Waals surface area contributed by atoms with Crippen molar-refractivity contribution in [2.24, 2.45) is 0 Å². The highest BCUT2D eigenvalue weighted by atomic mass is 79.9. The SMILES string of the molecule is CCN(CC)c1c(C(=O)O)n(-c2ccccc2)c2ccc(Br)cc12. The molecule has 3 aromatic rings. The molecule has 0 atom stereocenters. The van der Waals surface area contributed by atoms with Gasteiger partial charge in [0.15, 0.2) is 5.69 Å². The number of para-hydroxylation sites is 1. The predicted molar refractivity (Wildman–Crippen MR) is 101 cm³/mol. The Morgan fingerprint density at radius 2 is 1.79 bits per heavy atom. The van der Waals surface area contributed by atoms with Crippen LogP contribution in [0.5, 0.6) is 0 Å². The number of hydrogen-bond acceptors (Lipinski definition) is 2. The van der Waals surface area contributed by atoms with Crippen LogP contribution in [0.2, 0.25) is 0 Å². The second kappa shape index (κ2) is 6.69. The van der Waals surface area contributed by atoms with E-state index in [-0.39, 0.29) is 0 Å². The molecule has 3 rings (SSSR count). The van der Waals surface area contributed by atoms with Gasteiger partial charge in [0.05, 0.1) is 11.2 Å². The van der Waals surface area contributed by atoms with Gasteiger partial charge < -0.3 is 14.6 Å². The molecule has 5 heteroatoms. The molecule has 0 saturated heterocycles. The lowest BCUT2D eigenvalue weighted by molar-refractivity contribution is 0.0689. The Balaban J connectivity index is 2.47. The van der Waals surface area contributed by atoms with Gasteiger partial charge in [0.1, 0.15) is 0 Å². The van der Waals surface area contributed by atoms with E-state index in [0.29, 0.717) is 5.69 Å². The van der Waals surface area contributed by atoms with Crippen molar-refractivity contribution in [1.82, 2.24) is 4.57 Å². The standard InChI is InChI=1S/C19H19BrN2O2/c1-3-21(4-2)17-15-12-13(20)10-11-16(15)22(18(17)19(23)24)14-8-6-5-7-9-14/h5-12H,3-4H2,1-2H3,(H,23,24). The second-order valence-corrected chi connectivity index (χ2v) is 6.42. The largest absolute Gasteiger partial charge is 0.476 e. The van der Waals surface area contributed by atoms with E-state index in [4.69, 9.17) is 0 Å². The van der Waals surface area contributed by atoms with E-state index in [2.05, 4.69) is 20.8 Å².